The van der Waals surface area contributed by atoms with Crippen molar-refractivity contribution in [1.29, 1.82) is 0 Å². The highest BCUT2D eigenvalue weighted by Crippen LogP contribution is 2.19. The highest BCUT2D eigenvalue weighted by atomic mass is 127. The molecular weight excluding hydrogens is 328 g/mol. The van der Waals surface area contributed by atoms with Crippen molar-refractivity contribution < 1.29 is 4.39 Å². The first-order chi connectivity index (χ1) is 8.24. The zero-order chi connectivity index (χ0) is 12.5. The first-order valence-corrected chi connectivity index (χ1v) is 7.51. The third kappa shape index (κ3) is 6.24. The molecule has 0 saturated heterocycles. The van der Waals surface area contributed by atoms with E-state index in [1.165, 1.54) is 44.6 Å². The van der Waals surface area contributed by atoms with E-state index in [-0.39, 0.29) is 5.82 Å². The van der Waals surface area contributed by atoms with E-state index in [2.05, 4.69) is 34.8 Å². The number of hydrogen-bond acceptors (Lipinski definition) is 1. The van der Waals surface area contributed by atoms with Gasteiger partial charge in [0.2, 0.25) is 0 Å². The lowest BCUT2D eigenvalue weighted by Crippen LogP contribution is -2.03. The highest BCUT2D eigenvalue weighted by molar-refractivity contribution is 14.1. The molecule has 0 bridgehead atoms. The molecule has 1 rings (SSSR count). The van der Waals surface area contributed by atoms with E-state index in [1.54, 1.807) is 6.07 Å². The third-order valence-corrected chi connectivity index (χ3v) is 3.67. The summed E-state index contributed by atoms with van der Waals surface area (Å²) >= 11 is 2.16. The maximum absolute atomic E-state index is 12.9. The van der Waals surface area contributed by atoms with Crippen LogP contribution in [-0.4, -0.2) is 6.54 Å². The lowest BCUT2D eigenvalue weighted by molar-refractivity contribution is 0.616. The Bertz CT molecular complexity index is 328. The van der Waals surface area contributed by atoms with Gasteiger partial charge in [-0.1, -0.05) is 39.0 Å². The monoisotopic (exact) mass is 349 g/mol. The summed E-state index contributed by atoms with van der Waals surface area (Å²) in [4.78, 5) is 0. The topological polar surface area (TPSA) is 12.0 Å². The fourth-order valence-electron chi connectivity index (χ4n) is 1.76. The van der Waals surface area contributed by atoms with Crippen LogP contribution in [0.1, 0.15) is 45.4 Å². The van der Waals surface area contributed by atoms with Crippen LogP contribution in [0.4, 0.5) is 10.1 Å². The minimum atomic E-state index is -0.167. The van der Waals surface area contributed by atoms with E-state index in [0.29, 0.717) is 0 Å². The summed E-state index contributed by atoms with van der Waals surface area (Å²) in [5.74, 6) is -0.167. The van der Waals surface area contributed by atoms with Gasteiger partial charge in [0.05, 0.1) is 0 Å². The van der Waals surface area contributed by atoms with Crippen molar-refractivity contribution >= 4 is 28.3 Å². The summed E-state index contributed by atoms with van der Waals surface area (Å²) in [6.45, 7) is 3.21. The van der Waals surface area contributed by atoms with Crippen molar-refractivity contribution in [3.63, 3.8) is 0 Å². The quantitative estimate of drug-likeness (QED) is 0.502. The summed E-state index contributed by atoms with van der Waals surface area (Å²) in [6.07, 6.45) is 7.80. The molecule has 1 aromatic rings. The van der Waals surface area contributed by atoms with E-state index in [9.17, 15) is 4.39 Å². The molecule has 0 amide bonds. The molecule has 0 aliphatic heterocycles. The molecule has 0 spiro atoms. The molecule has 1 aromatic carbocycles. The molecule has 3 heteroatoms. The molecule has 0 saturated carbocycles. The molecular formula is C14H21FIN. The zero-order valence-corrected chi connectivity index (χ0v) is 12.6. The van der Waals surface area contributed by atoms with Crippen molar-refractivity contribution in [2.75, 3.05) is 11.9 Å². The van der Waals surface area contributed by atoms with E-state index in [1.807, 2.05) is 6.07 Å². The van der Waals surface area contributed by atoms with E-state index >= 15 is 0 Å². The molecule has 0 unspecified atom stereocenters. The van der Waals surface area contributed by atoms with Gasteiger partial charge < -0.3 is 5.32 Å². The maximum atomic E-state index is 12.9. The van der Waals surface area contributed by atoms with Gasteiger partial charge in [-0.05, 0) is 47.2 Å². The van der Waals surface area contributed by atoms with Crippen LogP contribution in [0.3, 0.4) is 0 Å². The summed E-state index contributed by atoms with van der Waals surface area (Å²) in [5, 5.41) is 3.36. The average molecular weight is 349 g/mol. The third-order valence-electron chi connectivity index (χ3n) is 2.78. The Morgan fingerprint density at radius 2 is 1.82 bits per heavy atom. The highest BCUT2D eigenvalue weighted by Gasteiger charge is 2.00. The molecule has 0 aromatic heterocycles. The van der Waals surface area contributed by atoms with Gasteiger partial charge in [-0.3, -0.25) is 0 Å². The van der Waals surface area contributed by atoms with Crippen molar-refractivity contribution in [3.05, 3.63) is 27.6 Å². The molecule has 0 aliphatic carbocycles. The van der Waals surface area contributed by atoms with Crippen molar-refractivity contribution in [2.24, 2.45) is 0 Å². The lowest BCUT2D eigenvalue weighted by atomic mass is 10.1. The van der Waals surface area contributed by atoms with Crippen molar-refractivity contribution in [3.8, 4) is 0 Å². The van der Waals surface area contributed by atoms with Gasteiger partial charge in [0.15, 0.2) is 0 Å². The second-order valence-corrected chi connectivity index (χ2v) is 5.48. The molecule has 0 heterocycles. The summed E-state index contributed by atoms with van der Waals surface area (Å²) in [5.41, 5.74) is 1.04. The molecule has 1 N–H and O–H groups in total. The molecule has 17 heavy (non-hydrogen) atoms. The Kier molecular flexibility index (Phi) is 7.56. The van der Waals surface area contributed by atoms with Crippen LogP contribution in [0.15, 0.2) is 18.2 Å². The van der Waals surface area contributed by atoms with Gasteiger partial charge in [-0.25, -0.2) is 4.39 Å². The normalized spacial score (nSPS) is 10.5. The SMILES string of the molecule is CCCCCCCCNc1ccc(F)cc1I. The second-order valence-electron chi connectivity index (χ2n) is 4.32. The number of hydrogen-bond donors (Lipinski definition) is 1. The van der Waals surface area contributed by atoms with Crippen LogP contribution in [0.5, 0.6) is 0 Å². The summed E-state index contributed by atoms with van der Waals surface area (Å²) in [7, 11) is 0. The molecule has 96 valence electrons. The van der Waals surface area contributed by atoms with Crippen LogP contribution in [0, 0.1) is 9.39 Å². The molecule has 0 fully saturated rings. The van der Waals surface area contributed by atoms with Crippen LogP contribution in [-0.2, 0) is 0 Å². The average Bonchev–Trinajstić information content (AvgIpc) is 2.30. The summed E-state index contributed by atoms with van der Waals surface area (Å²) < 4.78 is 13.8. The van der Waals surface area contributed by atoms with Gasteiger partial charge >= 0.3 is 0 Å². The predicted octanol–water partition coefficient (Wildman–Crippen LogP) is 5.20. The zero-order valence-electron chi connectivity index (χ0n) is 10.4. The number of nitrogens with one attached hydrogen (secondary N) is 1. The van der Waals surface area contributed by atoms with Gasteiger partial charge in [0.25, 0.3) is 0 Å². The van der Waals surface area contributed by atoms with E-state index in [4.69, 9.17) is 0 Å². The van der Waals surface area contributed by atoms with Gasteiger partial charge in [0, 0.05) is 15.8 Å². The van der Waals surface area contributed by atoms with Crippen molar-refractivity contribution in [2.45, 2.75) is 45.4 Å². The maximum Gasteiger partial charge on any atom is 0.124 e. The lowest BCUT2D eigenvalue weighted by Gasteiger charge is -2.08. The summed E-state index contributed by atoms with van der Waals surface area (Å²) in [6, 6.07) is 4.88. The fraction of sp³-hybridized carbons (Fsp3) is 0.571. The first kappa shape index (κ1) is 14.7. The van der Waals surface area contributed by atoms with Crippen LogP contribution in [0.2, 0.25) is 0 Å². The fourth-order valence-corrected chi connectivity index (χ4v) is 2.43. The Hall–Kier alpha value is -0.320. The Morgan fingerprint density at radius 1 is 1.12 bits per heavy atom. The Labute approximate surface area is 117 Å². The Balaban J connectivity index is 2.14. The van der Waals surface area contributed by atoms with Crippen LogP contribution in [0.25, 0.3) is 0 Å². The largest absolute Gasteiger partial charge is 0.384 e. The molecule has 1 nitrogen and oxygen atoms in total. The molecule has 0 atom stereocenters. The molecule has 0 radical (unpaired) electrons. The van der Waals surface area contributed by atoms with Crippen LogP contribution < -0.4 is 5.32 Å². The van der Waals surface area contributed by atoms with Crippen molar-refractivity contribution in [1.82, 2.24) is 0 Å². The Morgan fingerprint density at radius 3 is 2.53 bits per heavy atom. The number of benzene rings is 1. The van der Waals surface area contributed by atoms with E-state index < -0.39 is 0 Å². The smallest absolute Gasteiger partial charge is 0.124 e. The number of unbranched alkanes of at least 4 members (excludes halogenated alkanes) is 5. The predicted molar refractivity (Wildman–Crippen MR) is 81.0 cm³/mol. The number of halogens is 2. The number of rotatable bonds is 8. The standard InChI is InChI=1S/C14H21FIN/c1-2-3-4-5-6-7-10-17-14-9-8-12(15)11-13(14)16/h8-9,11,17H,2-7,10H2,1H3. The minimum absolute atomic E-state index is 0.167. The minimum Gasteiger partial charge on any atom is -0.384 e. The van der Waals surface area contributed by atoms with Gasteiger partial charge in [0.1, 0.15) is 5.82 Å². The van der Waals surface area contributed by atoms with Crippen LogP contribution >= 0.6 is 22.6 Å². The second kappa shape index (κ2) is 8.72. The van der Waals surface area contributed by atoms with E-state index in [0.717, 1.165) is 15.8 Å². The molecule has 0 aliphatic rings. The number of anilines is 1. The van der Waals surface area contributed by atoms with Gasteiger partial charge in [-0.15, -0.1) is 0 Å². The van der Waals surface area contributed by atoms with Gasteiger partial charge in [-0.2, -0.15) is 0 Å². The first-order valence-electron chi connectivity index (χ1n) is 6.43.